The molecule has 0 aliphatic carbocycles. The molecule has 3 N–H and O–H groups in total. The SMILES string of the molecule is NCCSCCC(=O)N1CCNCC1. The van der Waals surface area contributed by atoms with Crippen LogP contribution in [0.25, 0.3) is 0 Å². The Morgan fingerprint density at radius 3 is 2.71 bits per heavy atom. The summed E-state index contributed by atoms with van der Waals surface area (Å²) in [6, 6.07) is 0. The molecule has 1 saturated heterocycles. The Morgan fingerprint density at radius 2 is 2.07 bits per heavy atom. The molecule has 0 atom stereocenters. The molecule has 1 heterocycles. The van der Waals surface area contributed by atoms with Crippen LogP contribution in [0.15, 0.2) is 0 Å². The molecule has 0 bridgehead atoms. The molecular formula is C9H19N3OS. The second-order valence-electron chi connectivity index (χ2n) is 3.28. The highest BCUT2D eigenvalue weighted by Crippen LogP contribution is 2.04. The third-order valence-electron chi connectivity index (χ3n) is 2.19. The van der Waals surface area contributed by atoms with E-state index in [1.54, 1.807) is 11.8 Å². The van der Waals surface area contributed by atoms with E-state index in [-0.39, 0.29) is 5.91 Å². The molecule has 0 saturated carbocycles. The predicted molar refractivity (Wildman–Crippen MR) is 60.4 cm³/mol. The van der Waals surface area contributed by atoms with Crippen LogP contribution in [-0.4, -0.2) is 55.0 Å². The van der Waals surface area contributed by atoms with E-state index in [1.807, 2.05) is 4.90 Å². The number of carbonyl (C=O) groups is 1. The van der Waals surface area contributed by atoms with Gasteiger partial charge in [-0.15, -0.1) is 0 Å². The molecule has 4 nitrogen and oxygen atoms in total. The zero-order chi connectivity index (χ0) is 10.2. The maximum Gasteiger partial charge on any atom is 0.223 e. The van der Waals surface area contributed by atoms with Crippen LogP contribution in [0, 0.1) is 0 Å². The molecule has 0 aromatic rings. The van der Waals surface area contributed by atoms with Crippen LogP contribution in [0.3, 0.4) is 0 Å². The number of hydrogen-bond donors (Lipinski definition) is 2. The number of amides is 1. The lowest BCUT2D eigenvalue weighted by Gasteiger charge is -2.27. The van der Waals surface area contributed by atoms with E-state index in [2.05, 4.69) is 5.32 Å². The molecule has 5 heteroatoms. The van der Waals surface area contributed by atoms with Crippen LogP contribution in [0.1, 0.15) is 6.42 Å². The molecule has 1 amide bonds. The average molecular weight is 217 g/mol. The van der Waals surface area contributed by atoms with Gasteiger partial charge < -0.3 is 16.0 Å². The Hall–Kier alpha value is -0.260. The van der Waals surface area contributed by atoms with Crippen molar-refractivity contribution in [3.63, 3.8) is 0 Å². The number of hydrogen-bond acceptors (Lipinski definition) is 4. The zero-order valence-electron chi connectivity index (χ0n) is 8.50. The van der Waals surface area contributed by atoms with E-state index in [0.717, 1.165) is 37.7 Å². The van der Waals surface area contributed by atoms with Crippen LogP contribution in [0.5, 0.6) is 0 Å². The Balaban J connectivity index is 2.07. The Bertz CT molecular complexity index is 171. The molecule has 1 fully saturated rings. The fourth-order valence-corrected chi connectivity index (χ4v) is 2.11. The number of carbonyl (C=O) groups excluding carboxylic acids is 1. The quantitative estimate of drug-likeness (QED) is 0.610. The van der Waals surface area contributed by atoms with Crippen LogP contribution in [0.2, 0.25) is 0 Å². The highest BCUT2D eigenvalue weighted by Gasteiger charge is 2.14. The minimum atomic E-state index is 0.288. The first-order chi connectivity index (χ1) is 6.84. The van der Waals surface area contributed by atoms with Crippen molar-refractivity contribution >= 4 is 17.7 Å². The standard InChI is InChI=1S/C9H19N3OS/c10-2-8-14-7-1-9(13)12-5-3-11-4-6-12/h11H,1-8,10H2. The van der Waals surface area contributed by atoms with Gasteiger partial charge in [0, 0.05) is 50.7 Å². The van der Waals surface area contributed by atoms with Gasteiger partial charge in [-0.1, -0.05) is 0 Å². The number of nitrogens with one attached hydrogen (secondary N) is 1. The summed E-state index contributed by atoms with van der Waals surface area (Å²) in [5.74, 6) is 2.14. The molecule has 0 aromatic heterocycles. The van der Waals surface area contributed by atoms with Crippen molar-refractivity contribution in [1.29, 1.82) is 0 Å². The van der Waals surface area contributed by atoms with Crippen molar-refractivity contribution in [2.75, 3.05) is 44.2 Å². The van der Waals surface area contributed by atoms with Crippen molar-refractivity contribution < 1.29 is 4.79 Å². The first-order valence-electron chi connectivity index (χ1n) is 5.11. The molecule has 0 aromatic carbocycles. The number of thioether (sulfide) groups is 1. The van der Waals surface area contributed by atoms with E-state index in [1.165, 1.54) is 0 Å². The summed E-state index contributed by atoms with van der Waals surface area (Å²) < 4.78 is 0. The van der Waals surface area contributed by atoms with Gasteiger partial charge in [0.05, 0.1) is 0 Å². The van der Waals surface area contributed by atoms with E-state index in [4.69, 9.17) is 5.73 Å². The molecule has 14 heavy (non-hydrogen) atoms. The lowest BCUT2D eigenvalue weighted by atomic mass is 10.3. The molecule has 0 spiro atoms. The van der Waals surface area contributed by atoms with E-state index >= 15 is 0 Å². The summed E-state index contributed by atoms with van der Waals surface area (Å²) in [6.45, 7) is 4.29. The summed E-state index contributed by atoms with van der Waals surface area (Å²) in [4.78, 5) is 13.6. The molecule has 0 radical (unpaired) electrons. The van der Waals surface area contributed by atoms with Gasteiger partial charge in [-0.05, 0) is 0 Å². The minimum absolute atomic E-state index is 0.288. The van der Waals surface area contributed by atoms with Gasteiger partial charge in [-0.2, -0.15) is 11.8 Å². The lowest BCUT2D eigenvalue weighted by Crippen LogP contribution is -2.46. The van der Waals surface area contributed by atoms with Gasteiger partial charge in [0.15, 0.2) is 0 Å². The van der Waals surface area contributed by atoms with Gasteiger partial charge in [0.1, 0.15) is 0 Å². The van der Waals surface area contributed by atoms with Gasteiger partial charge in [0.25, 0.3) is 0 Å². The predicted octanol–water partition coefficient (Wildman–Crippen LogP) is -0.500. The number of nitrogens with zero attached hydrogens (tertiary/aromatic N) is 1. The summed E-state index contributed by atoms with van der Waals surface area (Å²) in [6.07, 6.45) is 0.657. The van der Waals surface area contributed by atoms with Crippen LogP contribution >= 0.6 is 11.8 Å². The highest BCUT2D eigenvalue weighted by molar-refractivity contribution is 7.99. The first-order valence-corrected chi connectivity index (χ1v) is 6.26. The molecule has 1 rings (SSSR count). The van der Waals surface area contributed by atoms with E-state index in [0.29, 0.717) is 13.0 Å². The molecule has 1 aliphatic rings. The topological polar surface area (TPSA) is 58.4 Å². The van der Waals surface area contributed by atoms with Crippen molar-refractivity contribution in [1.82, 2.24) is 10.2 Å². The van der Waals surface area contributed by atoms with Gasteiger partial charge in [-0.25, -0.2) is 0 Å². The lowest BCUT2D eigenvalue weighted by molar-refractivity contribution is -0.131. The number of piperazine rings is 1. The Labute approximate surface area is 89.6 Å². The van der Waals surface area contributed by atoms with Crippen molar-refractivity contribution in [3.8, 4) is 0 Å². The fourth-order valence-electron chi connectivity index (χ4n) is 1.42. The summed E-state index contributed by atoms with van der Waals surface area (Å²) in [5.41, 5.74) is 5.36. The number of rotatable bonds is 5. The molecule has 0 unspecified atom stereocenters. The molecular weight excluding hydrogens is 198 g/mol. The average Bonchev–Trinajstić information content (AvgIpc) is 2.25. The Morgan fingerprint density at radius 1 is 1.36 bits per heavy atom. The maximum absolute atomic E-state index is 11.6. The van der Waals surface area contributed by atoms with Crippen LogP contribution < -0.4 is 11.1 Å². The summed E-state index contributed by atoms with van der Waals surface area (Å²) in [5, 5.41) is 3.23. The maximum atomic E-state index is 11.6. The molecule has 82 valence electrons. The highest BCUT2D eigenvalue weighted by atomic mass is 32.2. The van der Waals surface area contributed by atoms with E-state index in [9.17, 15) is 4.79 Å². The zero-order valence-corrected chi connectivity index (χ0v) is 9.31. The largest absolute Gasteiger partial charge is 0.340 e. The second-order valence-corrected chi connectivity index (χ2v) is 4.51. The third-order valence-corrected chi connectivity index (χ3v) is 3.21. The van der Waals surface area contributed by atoms with Gasteiger partial charge >= 0.3 is 0 Å². The van der Waals surface area contributed by atoms with Crippen molar-refractivity contribution in [2.45, 2.75) is 6.42 Å². The second kappa shape index (κ2) is 7.09. The Kier molecular flexibility index (Phi) is 5.98. The van der Waals surface area contributed by atoms with Gasteiger partial charge in [-0.3, -0.25) is 4.79 Å². The monoisotopic (exact) mass is 217 g/mol. The summed E-state index contributed by atoms with van der Waals surface area (Å²) in [7, 11) is 0. The van der Waals surface area contributed by atoms with Gasteiger partial charge in [0.2, 0.25) is 5.91 Å². The smallest absolute Gasteiger partial charge is 0.223 e. The minimum Gasteiger partial charge on any atom is -0.340 e. The summed E-state index contributed by atoms with van der Waals surface area (Å²) >= 11 is 1.76. The van der Waals surface area contributed by atoms with Crippen molar-refractivity contribution in [3.05, 3.63) is 0 Å². The van der Waals surface area contributed by atoms with Crippen molar-refractivity contribution in [2.24, 2.45) is 5.73 Å². The normalized spacial score (nSPS) is 17.1. The first kappa shape index (κ1) is 11.8. The van der Waals surface area contributed by atoms with Crippen LogP contribution in [0.4, 0.5) is 0 Å². The number of nitrogens with two attached hydrogens (primary N) is 1. The van der Waals surface area contributed by atoms with Crippen LogP contribution in [-0.2, 0) is 4.79 Å². The fraction of sp³-hybridized carbons (Fsp3) is 0.889. The van der Waals surface area contributed by atoms with E-state index < -0.39 is 0 Å². The molecule has 1 aliphatic heterocycles. The third kappa shape index (κ3) is 4.30.